The largest absolute Gasteiger partial charge is 0.312 e. The van der Waals surface area contributed by atoms with Gasteiger partial charge in [-0.05, 0) is 43.2 Å². The highest BCUT2D eigenvalue weighted by molar-refractivity contribution is 7.89. The van der Waals surface area contributed by atoms with Crippen molar-refractivity contribution in [2.75, 3.05) is 18.5 Å². The molecule has 0 bridgehead atoms. The number of carbonyl (C=O) groups excluding carboxylic acids is 1. The summed E-state index contributed by atoms with van der Waals surface area (Å²) in [6, 6.07) is 15.8. The molecule has 0 radical (unpaired) electrons. The lowest BCUT2D eigenvalue weighted by Crippen LogP contribution is -2.30. The van der Waals surface area contributed by atoms with Crippen molar-refractivity contribution in [3.63, 3.8) is 0 Å². The SMILES string of the molecule is CC(c1ccccc1)N(C)S(=O)(=O)c1ccc(N2CCCC2=O)cc1. The van der Waals surface area contributed by atoms with Crippen molar-refractivity contribution < 1.29 is 13.2 Å². The quantitative estimate of drug-likeness (QED) is 0.825. The summed E-state index contributed by atoms with van der Waals surface area (Å²) in [5, 5.41) is 0. The van der Waals surface area contributed by atoms with Crippen molar-refractivity contribution in [1.29, 1.82) is 0 Å². The fourth-order valence-electron chi connectivity index (χ4n) is 3.04. The number of carbonyl (C=O) groups is 1. The molecule has 132 valence electrons. The highest BCUT2D eigenvalue weighted by Gasteiger charge is 2.27. The molecule has 1 unspecified atom stereocenters. The third-order valence-electron chi connectivity index (χ3n) is 4.73. The fourth-order valence-corrected chi connectivity index (χ4v) is 4.39. The van der Waals surface area contributed by atoms with Crippen molar-refractivity contribution in [3.05, 3.63) is 60.2 Å². The molecule has 1 fully saturated rings. The second kappa shape index (κ2) is 6.98. The topological polar surface area (TPSA) is 57.7 Å². The van der Waals surface area contributed by atoms with E-state index in [0.717, 1.165) is 17.7 Å². The number of nitrogens with zero attached hydrogens (tertiary/aromatic N) is 2. The number of hydrogen-bond acceptors (Lipinski definition) is 3. The number of rotatable bonds is 5. The second-order valence-electron chi connectivity index (χ2n) is 6.25. The van der Waals surface area contributed by atoms with Crippen LogP contribution in [-0.4, -0.2) is 32.2 Å². The molecule has 1 saturated heterocycles. The maximum atomic E-state index is 12.9. The zero-order chi connectivity index (χ0) is 18.0. The van der Waals surface area contributed by atoms with Gasteiger partial charge in [-0.25, -0.2) is 8.42 Å². The van der Waals surface area contributed by atoms with Crippen LogP contribution in [0, 0.1) is 0 Å². The van der Waals surface area contributed by atoms with E-state index in [2.05, 4.69) is 0 Å². The van der Waals surface area contributed by atoms with E-state index < -0.39 is 10.0 Å². The molecule has 6 heteroatoms. The lowest BCUT2D eigenvalue weighted by atomic mass is 10.1. The van der Waals surface area contributed by atoms with E-state index in [-0.39, 0.29) is 16.8 Å². The number of amides is 1. The number of benzene rings is 2. The molecule has 2 aromatic rings. The van der Waals surface area contributed by atoms with Crippen LogP contribution in [0.5, 0.6) is 0 Å². The predicted octanol–water partition coefficient (Wildman–Crippen LogP) is 3.20. The van der Waals surface area contributed by atoms with Gasteiger partial charge in [-0.3, -0.25) is 4.79 Å². The maximum Gasteiger partial charge on any atom is 0.243 e. The summed E-state index contributed by atoms with van der Waals surface area (Å²) in [4.78, 5) is 13.7. The Morgan fingerprint density at radius 1 is 1.04 bits per heavy atom. The van der Waals surface area contributed by atoms with E-state index in [0.29, 0.717) is 13.0 Å². The summed E-state index contributed by atoms with van der Waals surface area (Å²) in [5.74, 6) is 0.0884. The van der Waals surface area contributed by atoms with Gasteiger partial charge in [-0.15, -0.1) is 0 Å². The summed E-state index contributed by atoms with van der Waals surface area (Å²) >= 11 is 0. The lowest BCUT2D eigenvalue weighted by molar-refractivity contribution is -0.117. The average molecular weight is 358 g/mol. The van der Waals surface area contributed by atoms with Crippen molar-refractivity contribution in [2.24, 2.45) is 0 Å². The van der Waals surface area contributed by atoms with Gasteiger partial charge in [-0.2, -0.15) is 4.31 Å². The van der Waals surface area contributed by atoms with Crippen LogP contribution in [0.4, 0.5) is 5.69 Å². The summed E-state index contributed by atoms with van der Waals surface area (Å²) in [6.07, 6.45) is 1.40. The minimum atomic E-state index is -3.61. The minimum Gasteiger partial charge on any atom is -0.312 e. The molecule has 1 aliphatic rings. The molecule has 1 amide bonds. The van der Waals surface area contributed by atoms with Crippen LogP contribution in [-0.2, 0) is 14.8 Å². The number of hydrogen-bond donors (Lipinski definition) is 0. The first kappa shape index (κ1) is 17.6. The molecule has 25 heavy (non-hydrogen) atoms. The van der Waals surface area contributed by atoms with E-state index in [4.69, 9.17) is 0 Å². The van der Waals surface area contributed by atoms with Crippen molar-refractivity contribution in [3.8, 4) is 0 Å². The Morgan fingerprint density at radius 3 is 2.24 bits per heavy atom. The maximum absolute atomic E-state index is 12.9. The molecule has 5 nitrogen and oxygen atoms in total. The van der Waals surface area contributed by atoms with Gasteiger partial charge in [0.15, 0.2) is 0 Å². The first-order valence-electron chi connectivity index (χ1n) is 8.34. The Kier molecular flexibility index (Phi) is 4.92. The normalized spacial score (nSPS) is 16.4. The van der Waals surface area contributed by atoms with Crippen LogP contribution in [0.25, 0.3) is 0 Å². The molecule has 0 aromatic heterocycles. The van der Waals surface area contributed by atoms with Crippen LogP contribution >= 0.6 is 0 Å². The Balaban J connectivity index is 1.83. The molecular weight excluding hydrogens is 336 g/mol. The standard InChI is InChI=1S/C19H22N2O3S/c1-15(16-7-4-3-5-8-16)20(2)25(23,24)18-12-10-17(11-13-18)21-14-6-9-19(21)22/h3-5,7-8,10-13,15H,6,9,14H2,1-2H3. The Morgan fingerprint density at radius 2 is 1.68 bits per heavy atom. The van der Waals surface area contributed by atoms with Crippen LogP contribution in [0.3, 0.4) is 0 Å². The Hall–Kier alpha value is -2.18. The van der Waals surface area contributed by atoms with Crippen LogP contribution in [0.2, 0.25) is 0 Å². The first-order valence-corrected chi connectivity index (χ1v) is 9.78. The van der Waals surface area contributed by atoms with E-state index in [1.54, 1.807) is 36.2 Å². The molecule has 1 aliphatic heterocycles. The van der Waals surface area contributed by atoms with E-state index in [1.165, 1.54) is 4.31 Å². The molecule has 1 heterocycles. The first-order chi connectivity index (χ1) is 11.9. The lowest BCUT2D eigenvalue weighted by Gasteiger charge is -2.25. The molecule has 0 N–H and O–H groups in total. The molecule has 3 rings (SSSR count). The molecule has 1 atom stereocenters. The predicted molar refractivity (Wildman–Crippen MR) is 97.8 cm³/mol. The number of anilines is 1. The molecule has 0 aliphatic carbocycles. The van der Waals surface area contributed by atoms with Crippen LogP contribution < -0.4 is 4.90 Å². The monoisotopic (exact) mass is 358 g/mol. The van der Waals surface area contributed by atoms with E-state index in [1.807, 2.05) is 37.3 Å². The van der Waals surface area contributed by atoms with Crippen LogP contribution in [0.15, 0.2) is 59.5 Å². The van der Waals surface area contributed by atoms with Crippen molar-refractivity contribution in [2.45, 2.75) is 30.7 Å². The van der Waals surface area contributed by atoms with E-state index >= 15 is 0 Å². The van der Waals surface area contributed by atoms with Gasteiger partial charge in [0.2, 0.25) is 15.9 Å². The highest BCUT2D eigenvalue weighted by Crippen LogP contribution is 2.28. The van der Waals surface area contributed by atoms with Crippen LogP contribution in [0.1, 0.15) is 31.4 Å². The summed E-state index contributed by atoms with van der Waals surface area (Å²) in [7, 11) is -2.02. The van der Waals surface area contributed by atoms with Gasteiger partial charge in [0.1, 0.15) is 0 Å². The summed E-state index contributed by atoms with van der Waals surface area (Å²) in [5.41, 5.74) is 1.69. The van der Waals surface area contributed by atoms with Crippen molar-refractivity contribution >= 4 is 21.6 Å². The smallest absolute Gasteiger partial charge is 0.243 e. The van der Waals surface area contributed by atoms with Gasteiger partial charge in [0.05, 0.1) is 4.90 Å². The third-order valence-corrected chi connectivity index (χ3v) is 6.67. The summed E-state index contributed by atoms with van der Waals surface area (Å²) in [6.45, 7) is 2.56. The zero-order valence-electron chi connectivity index (χ0n) is 14.4. The van der Waals surface area contributed by atoms with Gasteiger partial charge < -0.3 is 4.90 Å². The minimum absolute atomic E-state index is 0.0884. The average Bonchev–Trinajstić information content (AvgIpc) is 3.07. The molecular formula is C19H22N2O3S. The number of sulfonamides is 1. The Bertz CT molecular complexity index is 848. The van der Waals surface area contributed by atoms with Gasteiger partial charge >= 0.3 is 0 Å². The third kappa shape index (κ3) is 3.45. The van der Waals surface area contributed by atoms with Crippen molar-refractivity contribution in [1.82, 2.24) is 4.31 Å². The molecule has 0 spiro atoms. The van der Waals surface area contributed by atoms with Gasteiger partial charge in [0.25, 0.3) is 0 Å². The zero-order valence-corrected chi connectivity index (χ0v) is 15.2. The highest BCUT2D eigenvalue weighted by atomic mass is 32.2. The molecule has 0 saturated carbocycles. The van der Waals surface area contributed by atoms with E-state index in [9.17, 15) is 13.2 Å². The Labute approximate surface area is 148 Å². The fraction of sp³-hybridized carbons (Fsp3) is 0.316. The molecule has 2 aromatic carbocycles. The summed E-state index contributed by atoms with van der Waals surface area (Å²) < 4.78 is 27.2. The second-order valence-corrected chi connectivity index (χ2v) is 8.25. The van der Waals surface area contributed by atoms with Gasteiger partial charge in [-0.1, -0.05) is 30.3 Å². The van der Waals surface area contributed by atoms with Gasteiger partial charge in [0, 0.05) is 31.7 Å².